The molecular formula is C8H10N4O. The van der Waals surface area contributed by atoms with Gasteiger partial charge in [0.2, 0.25) is 0 Å². The maximum absolute atomic E-state index is 10.3. The molecule has 0 aliphatic heterocycles. The van der Waals surface area contributed by atoms with Gasteiger partial charge in [-0.15, -0.1) is 0 Å². The SMILES string of the molecule is Cc1ccncc1C=NNC(N)=O. The summed E-state index contributed by atoms with van der Waals surface area (Å²) in [4.78, 5) is 14.2. The summed E-state index contributed by atoms with van der Waals surface area (Å²) in [7, 11) is 0. The van der Waals surface area contributed by atoms with Crippen molar-refractivity contribution in [3.8, 4) is 0 Å². The summed E-state index contributed by atoms with van der Waals surface area (Å²) >= 11 is 0. The zero-order chi connectivity index (χ0) is 9.68. The quantitative estimate of drug-likeness (QED) is 0.507. The van der Waals surface area contributed by atoms with E-state index in [2.05, 4.69) is 15.5 Å². The monoisotopic (exact) mass is 178 g/mol. The predicted molar refractivity (Wildman–Crippen MR) is 49.3 cm³/mol. The Balaban J connectivity index is 2.68. The van der Waals surface area contributed by atoms with Gasteiger partial charge in [-0.05, 0) is 18.6 Å². The molecule has 1 aromatic heterocycles. The molecule has 0 aliphatic rings. The number of aryl methyl sites for hydroxylation is 1. The number of carbonyl (C=O) groups is 1. The number of amides is 2. The third kappa shape index (κ3) is 2.90. The first-order chi connectivity index (χ1) is 6.20. The molecule has 13 heavy (non-hydrogen) atoms. The van der Waals surface area contributed by atoms with Gasteiger partial charge in [-0.25, -0.2) is 10.2 Å². The summed E-state index contributed by atoms with van der Waals surface area (Å²) in [5.41, 5.74) is 8.79. The van der Waals surface area contributed by atoms with Crippen LogP contribution in [0.4, 0.5) is 4.79 Å². The van der Waals surface area contributed by atoms with E-state index >= 15 is 0 Å². The van der Waals surface area contributed by atoms with E-state index in [-0.39, 0.29) is 0 Å². The maximum Gasteiger partial charge on any atom is 0.332 e. The fourth-order valence-electron chi connectivity index (χ4n) is 0.777. The number of aromatic nitrogens is 1. The summed E-state index contributed by atoms with van der Waals surface area (Å²) in [6, 6.07) is 1.17. The van der Waals surface area contributed by atoms with Crippen molar-refractivity contribution < 1.29 is 4.79 Å². The molecule has 0 unspecified atom stereocenters. The highest BCUT2D eigenvalue weighted by molar-refractivity contribution is 5.82. The van der Waals surface area contributed by atoms with E-state index in [4.69, 9.17) is 5.73 Å². The molecule has 5 nitrogen and oxygen atoms in total. The van der Waals surface area contributed by atoms with Crippen molar-refractivity contribution in [3.63, 3.8) is 0 Å². The molecule has 0 bridgehead atoms. The van der Waals surface area contributed by atoms with E-state index < -0.39 is 6.03 Å². The second-order valence-corrected chi connectivity index (χ2v) is 2.47. The van der Waals surface area contributed by atoms with E-state index in [1.807, 2.05) is 13.0 Å². The first-order valence-electron chi connectivity index (χ1n) is 3.69. The van der Waals surface area contributed by atoms with Crippen LogP contribution in [0, 0.1) is 6.92 Å². The average molecular weight is 178 g/mol. The van der Waals surface area contributed by atoms with Gasteiger partial charge in [0.15, 0.2) is 0 Å². The molecular weight excluding hydrogens is 168 g/mol. The van der Waals surface area contributed by atoms with Gasteiger partial charge in [-0.1, -0.05) is 0 Å². The summed E-state index contributed by atoms with van der Waals surface area (Å²) in [6.45, 7) is 1.92. The van der Waals surface area contributed by atoms with Crippen LogP contribution in [0.5, 0.6) is 0 Å². The van der Waals surface area contributed by atoms with Gasteiger partial charge in [-0.2, -0.15) is 5.10 Å². The Morgan fingerprint density at radius 2 is 2.54 bits per heavy atom. The lowest BCUT2D eigenvalue weighted by atomic mass is 10.2. The third-order valence-electron chi connectivity index (χ3n) is 1.46. The van der Waals surface area contributed by atoms with Crippen LogP contribution in [0.3, 0.4) is 0 Å². The van der Waals surface area contributed by atoms with Crippen molar-refractivity contribution in [1.82, 2.24) is 10.4 Å². The first-order valence-corrected chi connectivity index (χ1v) is 3.69. The zero-order valence-corrected chi connectivity index (χ0v) is 7.19. The Kier molecular flexibility index (Phi) is 2.97. The van der Waals surface area contributed by atoms with E-state index in [0.29, 0.717) is 0 Å². The van der Waals surface area contributed by atoms with Crippen molar-refractivity contribution in [2.45, 2.75) is 6.92 Å². The molecule has 0 radical (unpaired) electrons. The van der Waals surface area contributed by atoms with Gasteiger partial charge >= 0.3 is 6.03 Å². The van der Waals surface area contributed by atoms with Crippen molar-refractivity contribution in [2.75, 3.05) is 0 Å². The maximum atomic E-state index is 10.3. The Hall–Kier alpha value is -1.91. The Bertz CT molecular complexity index is 335. The predicted octanol–water partition coefficient (Wildman–Crippen LogP) is 0.392. The van der Waals surface area contributed by atoms with Gasteiger partial charge in [0.25, 0.3) is 0 Å². The van der Waals surface area contributed by atoms with Gasteiger partial charge in [0.1, 0.15) is 0 Å². The van der Waals surface area contributed by atoms with Crippen LogP contribution < -0.4 is 11.2 Å². The molecule has 2 amide bonds. The van der Waals surface area contributed by atoms with Crippen LogP contribution in [-0.4, -0.2) is 17.2 Å². The Labute approximate surface area is 75.7 Å². The molecule has 0 aliphatic carbocycles. The fraction of sp³-hybridized carbons (Fsp3) is 0.125. The van der Waals surface area contributed by atoms with Crippen LogP contribution >= 0.6 is 0 Å². The summed E-state index contributed by atoms with van der Waals surface area (Å²) in [5, 5.41) is 3.61. The normalized spacial score (nSPS) is 10.2. The molecule has 68 valence electrons. The van der Waals surface area contributed by atoms with E-state index in [9.17, 15) is 4.79 Å². The number of hydrogen-bond donors (Lipinski definition) is 2. The molecule has 1 aromatic rings. The lowest BCUT2D eigenvalue weighted by molar-refractivity contribution is 0.249. The molecule has 1 heterocycles. The lowest BCUT2D eigenvalue weighted by Gasteiger charge is -1.96. The lowest BCUT2D eigenvalue weighted by Crippen LogP contribution is -2.24. The average Bonchev–Trinajstić information content (AvgIpc) is 2.08. The van der Waals surface area contributed by atoms with E-state index in [0.717, 1.165) is 11.1 Å². The first kappa shape index (κ1) is 9.18. The van der Waals surface area contributed by atoms with Crippen LogP contribution in [0.25, 0.3) is 0 Å². The van der Waals surface area contributed by atoms with E-state index in [1.165, 1.54) is 6.21 Å². The molecule has 0 atom stereocenters. The number of urea groups is 1. The molecule has 1 rings (SSSR count). The van der Waals surface area contributed by atoms with Crippen molar-refractivity contribution >= 4 is 12.2 Å². The number of nitrogens with two attached hydrogens (primary N) is 1. The summed E-state index contributed by atoms with van der Waals surface area (Å²) in [6.07, 6.45) is 4.84. The van der Waals surface area contributed by atoms with Crippen LogP contribution in [0.2, 0.25) is 0 Å². The minimum Gasteiger partial charge on any atom is -0.350 e. The minimum atomic E-state index is -0.683. The fourth-order valence-corrected chi connectivity index (χ4v) is 0.777. The smallest absolute Gasteiger partial charge is 0.332 e. The van der Waals surface area contributed by atoms with Gasteiger partial charge < -0.3 is 5.73 Å². The van der Waals surface area contributed by atoms with Gasteiger partial charge in [0.05, 0.1) is 6.21 Å². The number of hydrogen-bond acceptors (Lipinski definition) is 3. The van der Waals surface area contributed by atoms with Crippen molar-refractivity contribution in [3.05, 3.63) is 29.6 Å². The number of rotatable bonds is 2. The largest absolute Gasteiger partial charge is 0.350 e. The molecule has 0 saturated carbocycles. The standard InChI is InChI=1S/C8H10N4O/c1-6-2-3-10-4-7(6)5-11-12-8(9)13/h2-5H,1H3,(H3,9,12,13). The molecule has 0 fully saturated rings. The van der Waals surface area contributed by atoms with Crippen molar-refractivity contribution in [2.24, 2.45) is 10.8 Å². The van der Waals surface area contributed by atoms with E-state index in [1.54, 1.807) is 12.4 Å². The highest BCUT2D eigenvalue weighted by Crippen LogP contribution is 2.00. The zero-order valence-electron chi connectivity index (χ0n) is 7.19. The molecule has 0 spiro atoms. The summed E-state index contributed by atoms with van der Waals surface area (Å²) in [5.74, 6) is 0. The van der Waals surface area contributed by atoms with Crippen molar-refractivity contribution in [1.29, 1.82) is 0 Å². The van der Waals surface area contributed by atoms with Gasteiger partial charge in [-0.3, -0.25) is 4.98 Å². The number of pyridine rings is 1. The molecule has 0 saturated heterocycles. The number of nitrogens with zero attached hydrogens (tertiary/aromatic N) is 2. The second-order valence-electron chi connectivity index (χ2n) is 2.47. The van der Waals surface area contributed by atoms with Gasteiger partial charge in [0, 0.05) is 18.0 Å². The Morgan fingerprint density at radius 1 is 1.77 bits per heavy atom. The second kappa shape index (κ2) is 4.20. The number of nitrogens with one attached hydrogen (secondary N) is 1. The van der Waals surface area contributed by atoms with Crippen LogP contribution in [-0.2, 0) is 0 Å². The number of primary amides is 1. The highest BCUT2D eigenvalue weighted by atomic mass is 16.2. The molecule has 3 N–H and O–H groups in total. The summed E-state index contributed by atoms with van der Waals surface area (Å²) < 4.78 is 0. The highest BCUT2D eigenvalue weighted by Gasteiger charge is 1.92. The number of carbonyl (C=O) groups excluding carboxylic acids is 1. The number of hydrazone groups is 1. The Morgan fingerprint density at radius 3 is 3.15 bits per heavy atom. The molecule has 5 heteroatoms. The van der Waals surface area contributed by atoms with Crippen LogP contribution in [0.15, 0.2) is 23.6 Å². The molecule has 0 aromatic carbocycles. The topological polar surface area (TPSA) is 80.4 Å². The van der Waals surface area contributed by atoms with Crippen LogP contribution in [0.1, 0.15) is 11.1 Å². The third-order valence-corrected chi connectivity index (χ3v) is 1.46. The minimum absolute atomic E-state index is 0.683.